The standard InChI is InChI=1S/C23H21N5O4/c1-2-3-4-5-13-31-15-11-9-14(10-12-15)20(29)16-7-6-8-17-18(16)21(30)19(24)22(32-17)23-25-27-28-26-23/h5-13H,2-4,24H2,1H3,(H,25,26,27,28). The molecule has 3 N–H and O–H groups in total. The monoisotopic (exact) mass is 431 g/mol. The predicted octanol–water partition coefficient (Wildman–Crippen LogP) is 3.87. The molecule has 4 aromatic rings. The van der Waals surface area contributed by atoms with Crippen molar-refractivity contribution in [3.8, 4) is 17.3 Å². The molecule has 4 rings (SSSR count). The fourth-order valence-corrected chi connectivity index (χ4v) is 3.23. The zero-order valence-electron chi connectivity index (χ0n) is 17.4. The molecular formula is C23H21N5O4. The number of nitrogens with one attached hydrogen (secondary N) is 1. The Morgan fingerprint density at radius 2 is 2.03 bits per heavy atom. The maximum Gasteiger partial charge on any atom is 0.217 e. The molecule has 2 aromatic heterocycles. The maximum absolute atomic E-state index is 13.2. The topological polar surface area (TPSA) is 137 Å². The summed E-state index contributed by atoms with van der Waals surface area (Å²) >= 11 is 0. The van der Waals surface area contributed by atoms with E-state index in [4.69, 9.17) is 14.9 Å². The van der Waals surface area contributed by atoms with Crippen molar-refractivity contribution in [2.24, 2.45) is 0 Å². The van der Waals surface area contributed by atoms with E-state index in [2.05, 4.69) is 27.5 Å². The molecule has 0 saturated heterocycles. The lowest BCUT2D eigenvalue weighted by Crippen LogP contribution is -2.14. The second kappa shape index (κ2) is 9.25. The summed E-state index contributed by atoms with van der Waals surface area (Å²) in [6.07, 6.45) is 6.79. The van der Waals surface area contributed by atoms with Crippen molar-refractivity contribution >= 4 is 22.4 Å². The number of aromatic nitrogens is 4. The van der Waals surface area contributed by atoms with Crippen molar-refractivity contribution in [2.75, 3.05) is 5.73 Å². The summed E-state index contributed by atoms with van der Waals surface area (Å²) in [5, 5.41) is 13.3. The molecule has 0 atom stereocenters. The smallest absolute Gasteiger partial charge is 0.217 e. The molecule has 0 radical (unpaired) electrons. The van der Waals surface area contributed by atoms with E-state index >= 15 is 0 Å². The number of anilines is 1. The Hall–Kier alpha value is -4.27. The van der Waals surface area contributed by atoms with Gasteiger partial charge in [-0.1, -0.05) is 25.5 Å². The number of ketones is 1. The second-order valence-electron chi connectivity index (χ2n) is 7.09. The van der Waals surface area contributed by atoms with Crippen molar-refractivity contribution < 1.29 is 13.9 Å². The van der Waals surface area contributed by atoms with Gasteiger partial charge in [0.15, 0.2) is 11.5 Å². The van der Waals surface area contributed by atoms with Crippen LogP contribution in [0.4, 0.5) is 5.69 Å². The van der Waals surface area contributed by atoms with Crippen molar-refractivity contribution in [1.82, 2.24) is 20.6 Å². The van der Waals surface area contributed by atoms with E-state index in [9.17, 15) is 9.59 Å². The lowest BCUT2D eigenvalue weighted by molar-refractivity contribution is 0.104. The van der Waals surface area contributed by atoms with Crippen LogP contribution >= 0.6 is 0 Å². The molecule has 2 heterocycles. The van der Waals surface area contributed by atoms with Gasteiger partial charge in [0.05, 0.1) is 11.6 Å². The minimum atomic E-state index is -0.529. The number of rotatable bonds is 8. The molecule has 9 heteroatoms. The molecule has 0 fully saturated rings. The number of nitrogens with zero attached hydrogens (tertiary/aromatic N) is 3. The van der Waals surface area contributed by atoms with Crippen LogP contribution in [-0.4, -0.2) is 26.4 Å². The summed E-state index contributed by atoms with van der Waals surface area (Å²) in [6.45, 7) is 2.13. The van der Waals surface area contributed by atoms with Gasteiger partial charge in [-0.2, -0.15) is 0 Å². The number of nitrogens with two attached hydrogens (primary N) is 1. The normalized spacial score (nSPS) is 11.3. The Balaban J connectivity index is 1.65. The molecule has 9 nitrogen and oxygen atoms in total. The number of carbonyl (C=O) groups excluding carboxylic acids is 1. The zero-order chi connectivity index (χ0) is 22.5. The molecule has 0 unspecified atom stereocenters. The Kier molecular flexibility index (Phi) is 6.07. The van der Waals surface area contributed by atoms with Gasteiger partial charge < -0.3 is 14.9 Å². The third-order valence-corrected chi connectivity index (χ3v) is 4.90. The van der Waals surface area contributed by atoms with Gasteiger partial charge in [-0.05, 0) is 59.7 Å². The fourth-order valence-electron chi connectivity index (χ4n) is 3.23. The number of allylic oxidation sites excluding steroid dienone is 1. The predicted molar refractivity (Wildman–Crippen MR) is 119 cm³/mol. The van der Waals surface area contributed by atoms with E-state index in [0.717, 1.165) is 19.3 Å². The van der Waals surface area contributed by atoms with Gasteiger partial charge in [0, 0.05) is 11.1 Å². The minimum Gasteiger partial charge on any atom is -0.465 e. The molecule has 0 aliphatic heterocycles. The Morgan fingerprint density at radius 1 is 1.22 bits per heavy atom. The first-order chi connectivity index (χ1) is 15.6. The number of H-pyrrole nitrogens is 1. The molecule has 162 valence electrons. The van der Waals surface area contributed by atoms with Crippen molar-refractivity contribution in [3.63, 3.8) is 0 Å². The molecule has 0 bridgehead atoms. The first-order valence-electron chi connectivity index (χ1n) is 10.2. The van der Waals surface area contributed by atoms with Crippen LogP contribution in [0.3, 0.4) is 0 Å². The molecule has 0 spiro atoms. The van der Waals surface area contributed by atoms with E-state index in [0.29, 0.717) is 11.3 Å². The SMILES string of the molecule is CCCCC=COc1ccc(C(=O)c2cccc3oc(-c4nnn[nH]4)c(N)c(=O)c23)cc1. The number of hydrogen-bond acceptors (Lipinski definition) is 8. The number of carbonyl (C=O) groups is 1. The summed E-state index contributed by atoms with van der Waals surface area (Å²) in [5.74, 6) is 0.422. The van der Waals surface area contributed by atoms with Gasteiger partial charge in [0.25, 0.3) is 0 Å². The molecule has 0 aliphatic rings. The minimum absolute atomic E-state index is 0.0191. The first-order valence-corrected chi connectivity index (χ1v) is 10.2. The molecule has 0 saturated carbocycles. The van der Waals surface area contributed by atoms with Crippen LogP contribution in [0.2, 0.25) is 0 Å². The molecule has 2 aromatic carbocycles. The molecule has 32 heavy (non-hydrogen) atoms. The van der Waals surface area contributed by atoms with Crippen LogP contribution in [0, 0.1) is 0 Å². The Bertz CT molecular complexity index is 1330. The third kappa shape index (κ3) is 4.13. The highest BCUT2D eigenvalue weighted by atomic mass is 16.5. The van der Waals surface area contributed by atoms with Gasteiger partial charge >= 0.3 is 0 Å². The van der Waals surface area contributed by atoms with E-state index in [-0.39, 0.29) is 39.6 Å². The molecular weight excluding hydrogens is 410 g/mol. The van der Waals surface area contributed by atoms with Crippen LogP contribution in [0.1, 0.15) is 42.1 Å². The number of nitrogen functional groups attached to an aromatic ring is 1. The van der Waals surface area contributed by atoms with Crippen molar-refractivity contribution in [1.29, 1.82) is 0 Å². The van der Waals surface area contributed by atoms with E-state index in [1.165, 1.54) is 0 Å². The fraction of sp³-hybridized carbons (Fsp3) is 0.174. The van der Waals surface area contributed by atoms with Gasteiger partial charge in [0.1, 0.15) is 17.0 Å². The Labute approximate surface area is 182 Å². The summed E-state index contributed by atoms with van der Waals surface area (Å²) < 4.78 is 11.3. The van der Waals surface area contributed by atoms with Crippen LogP contribution in [-0.2, 0) is 0 Å². The van der Waals surface area contributed by atoms with Crippen molar-refractivity contribution in [2.45, 2.75) is 26.2 Å². The Morgan fingerprint density at radius 3 is 2.75 bits per heavy atom. The number of hydrogen-bond donors (Lipinski definition) is 2. The summed E-state index contributed by atoms with van der Waals surface area (Å²) in [4.78, 5) is 26.2. The highest BCUT2D eigenvalue weighted by Crippen LogP contribution is 2.27. The van der Waals surface area contributed by atoms with E-state index in [1.807, 2.05) is 6.08 Å². The molecule has 0 amide bonds. The first kappa shape index (κ1) is 21.0. The summed E-state index contributed by atoms with van der Waals surface area (Å²) in [5.41, 5.74) is 6.08. The lowest BCUT2D eigenvalue weighted by Gasteiger charge is -2.08. The van der Waals surface area contributed by atoms with E-state index in [1.54, 1.807) is 48.7 Å². The maximum atomic E-state index is 13.2. The van der Waals surface area contributed by atoms with Crippen LogP contribution in [0.5, 0.6) is 5.75 Å². The summed E-state index contributed by atoms with van der Waals surface area (Å²) in [7, 11) is 0. The number of unbranched alkanes of at least 4 members (excludes halogenated alkanes) is 2. The van der Waals surface area contributed by atoms with Gasteiger partial charge in [-0.15, -0.1) is 5.10 Å². The van der Waals surface area contributed by atoms with Crippen LogP contribution in [0.15, 0.2) is 64.0 Å². The summed E-state index contributed by atoms with van der Waals surface area (Å²) in [6, 6.07) is 11.5. The van der Waals surface area contributed by atoms with Gasteiger partial charge in [0.2, 0.25) is 11.3 Å². The zero-order valence-corrected chi connectivity index (χ0v) is 17.4. The lowest BCUT2D eigenvalue weighted by atomic mass is 9.98. The number of aromatic amines is 1. The van der Waals surface area contributed by atoms with Crippen LogP contribution < -0.4 is 15.9 Å². The van der Waals surface area contributed by atoms with Gasteiger partial charge in [-0.25, -0.2) is 5.10 Å². The number of benzene rings is 2. The number of tetrazole rings is 1. The number of fused-ring (bicyclic) bond motifs is 1. The largest absolute Gasteiger partial charge is 0.465 e. The van der Waals surface area contributed by atoms with Crippen LogP contribution in [0.25, 0.3) is 22.6 Å². The second-order valence-corrected chi connectivity index (χ2v) is 7.09. The highest BCUT2D eigenvalue weighted by Gasteiger charge is 2.21. The average Bonchev–Trinajstić information content (AvgIpc) is 3.35. The van der Waals surface area contributed by atoms with E-state index < -0.39 is 5.43 Å². The van der Waals surface area contributed by atoms with Gasteiger partial charge in [-0.3, -0.25) is 9.59 Å². The molecule has 0 aliphatic carbocycles. The number of ether oxygens (including phenoxy) is 1. The highest BCUT2D eigenvalue weighted by molar-refractivity contribution is 6.16. The average molecular weight is 431 g/mol. The quantitative estimate of drug-likeness (QED) is 0.244. The third-order valence-electron chi connectivity index (χ3n) is 4.90. The van der Waals surface area contributed by atoms with Crippen molar-refractivity contribution in [3.05, 3.63) is 76.2 Å².